The van der Waals surface area contributed by atoms with E-state index in [2.05, 4.69) is 66.5 Å². The third-order valence-corrected chi connectivity index (χ3v) is 5.03. The lowest BCUT2D eigenvalue weighted by Crippen LogP contribution is -2.40. The van der Waals surface area contributed by atoms with Crippen LogP contribution in [-0.4, -0.2) is 58.9 Å². The van der Waals surface area contributed by atoms with E-state index in [-0.39, 0.29) is 0 Å². The molecular formula is C20H31N7. The summed E-state index contributed by atoms with van der Waals surface area (Å²) in [6, 6.07) is 8.80. The summed E-state index contributed by atoms with van der Waals surface area (Å²) in [5, 5.41) is 14.8. The number of benzene rings is 1. The van der Waals surface area contributed by atoms with E-state index in [0.29, 0.717) is 0 Å². The van der Waals surface area contributed by atoms with Crippen molar-refractivity contribution >= 4 is 5.96 Å². The average Bonchev–Trinajstić information content (AvgIpc) is 3.17. The number of fused-ring (bicyclic) bond motifs is 1. The van der Waals surface area contributed by atoms with E-state index in [0.717, 1.165) is 70.3 Å². The number of aryl methyl sites for hydroxylation is 1. The molecule has 0 unspecified atom stereocenters. The summed E-state index contributed by atoms with van der Waals surface area (Å²) in [6.07, 6.45) is 4.95. The van der Waals surface area contributed by atoms with Crippen LogP contribution in [0.2, 0.25) is 0 Å². The maximum Gasteiger partial charge on any atom is 0.191 e. The van der Waals surface area contributed by atoms with Crippen LogP contribution in [0.3, 0.4) is 0 Å². The van der Waals surface area contributed by atoms with Gasteiger partial charge in [-0.05, 0) is 24.0 Å². The summed E-state index contributed by atoms with van der Waals surface area (Å²) in [5.41, 5.74) is 2.99. The Morgan fingerprint density at radius 2 is 1.96 bits per heavy atom. The molecule has 2 heterocycles. The predicted octanol–water partition coefficient (Wildman–Crippen LogP) is 1.45. The Bertz CT molecular complexity index is 737. The van der Waals surface area contributed by atoms with Gasteiger partial charge in [-0.2, -0.15) is 0 Å². The molecule has 1 aromatic carbocycles. The minimum Gasteiger partial charge on any atom is -0.356 e. The molecule has 27 heavy (non-hydrogen) atoms. The largest absolute Gasteiger partial charge is 0.356 e. The second kappa shape index (κ2) is 10.1. The predicted molar refractivity (Wildman–Crippen MR) is 109 cm³/mol. The SMILES string of the molecule is CCc1nncn1CCNC(=NC)NCCCN1CCc2ccccc2C1. The van der Waals surface area contributed by atoms with E-state index in [9.17, 15) is 0 Å². The van der Waals surface area contributed by atoms with Gasteiger partial charge in [0, 0.05) is 52.7 Å². The van der Waals surface area contributed by atoms with Crippen molar-refractivity contribution in [3.8, 4) is 0 Å². The van der Waals surface area contributed by atoms with Crippen LogP contribution in [0.15, 0.2) is 35.6 Å². The number of aliphatic imine (C=N–C) groups is 1. The molecule has 0 saturated heterocycles. The zero-order chi connectivity index (χ0) is 18.9. The van der Waals surface area contributed by atoms with Gasteiger partial charge in [-0.25, -0.2) is 0 Å². The summed E-state index contributed by atoms with van der Waals surface area (Å²) in [7, 11) is 1.81. The summed E-state index contributed by atoms with van der Waals surface area (Å²) in [4.78, 5) is 6.84. The summed E-state index contributed by atoms with van der Waals surface area (Å²) in [5.74, 6) is 1.87. The molecule has 1 aliphatic heterocycles. The standard InChI is InChI=1S/C20H31N7/c1-3-19-25-24-16-27(19)14-11-23-20(21-2)22-10-6-12-26-13-9-17-7-4-5-8-18(17)15-26/h4-5,7-8,16H,3,6,9-15H2,1-2H3,(H2,21,22,23). The number of nitrogens with zero attached hydrogens (tertiary/aromatic N) is 5. The Morgan fingerprint density at radius 3 is 2.78 bits per heavy atom. The second-order valence-electron chi connectivity index (χ2n) is 6.87. The second-order valence-corrected chi connectivity index (χ2v) is 6.87. The van der Waals surface area contributed by atoms with E-state index in [1.54, 1.807) is 6.33 Å². The first-order valence-corrected chi connectivity index (χ1v) is 9.90. The topological polar surface area (TPSA) is 70.4 Å². The Morgan fingerprint density at radius 1 is 1.15 bits per heavy atom. The fourth-order valence-electron chi connectivity index (χ4n) is 3.51. The monoisotopic (exact) mass is 369 g/mol. The van der Waals surface area contributed by atoms with Crippen molar-refractivity contribution in [2.45, 2.75) is 39.3 Å². The van der Waals surface area contributed by atoms with Crippen LogP contribution in [0.25, 0.3) is 0 Å². The van der Waals surface area contributed by atoms with Gasteiger partial charge in [0.2, 0.25) is 0 Å². The molecule has 3 rings (SSSR count). The lowest BCUT2D eigenvalue weighted by molar-refractivity contribution is 0.251. The van der Waals surface area contributed by atoms with Gasteiger partial charge in [0.1, 0.15) is 12.2 Å². The van der Waals surface area contributed by atoms with Crippen molar-refractivity contribution in [1.82, 2.24) is 30.3 Å². The van der Waals surface area contributed by atoms with E-state index < -0.39 is 0 Å². The third kappa shape index (κ3) is 5.53. The van der Waals surface area contributed by atoms with Gasteiger partial charge in [0.15, 0.2) is 5.96 Å². The first-order valence-electron chi connectivity index (χ1n) is 9.90. The maximum atomic E-state index is 4.30. The molecule has 0 amide bonds. The van der Waals surface area contributed by atoms with Crippen LogP contribution in [0, 0.1) is 0 Å². The Kier molecular flexibility index (Phi) is 7.21. The first-order chi connectivity index (χ1) is 13.3. The van der Waals surface area contributed by atoms with Gasteiger partial charge in [0.05, 0.1) is 0 Å². The zero-order valence-corrected chi connectivity index (χ0v) is 16.5. The normalized spacial score (nSPS) is 14.8. The van der Waals surface area contributed by atoms with E-state index >= 15 is 0 Å². The molecule has 2 aromatic rings. The smallest absolute Gasteiger partial charge is 0.191 e. The molecule has 0 aliphatic carbocycles. The molecule has 0 radical (unpaired) electrons. The minimum absolute atomic E-state index is 0.799. The molecular weight excluding hydrogens is 338 g/mol. The van der Waals surface area contributed by atoms with E-state index in [4.69, 9.17) is 0 Å². The number of hydrogen-bond donors (Lipinski definition) is 2. The maximum absolute atomic E-state index is 4.30. The zero-order valence-electron chi connectivity index (χ0n) is 16.5. The van der Waals surface area contributed by atoms with Crippen LogP contribution >= 0.6 is 0 Å². The van der Waals surface area contributed by atoms with Gasteiger partial charge in [-0.3, -0.25) is 9.89 Å². The van der Waals surface area contributed by atoms with Crippen molar-refractivity contribution in [2.24, 2.45) is 4.99 Å². The number of nitrogens with one attached hydrogen (secondary N) is 2. The number of guanidine groups is 1. The molecule has 1 aliphatic rings. The molecule has 2 N–H and O–H groups in total. The van der Waals surface area contributed by atoms with Gasteiger partial charge >= 0.3 is 0 Å². The molecule has 7 nitrogen and oxygen atoms in total. The van der Waals surface area contributed by atoms with E-state index in [1.165, 1.54) is 11.1 Å². The van der Waals surface area contributed by atoms with E-state index in [1.807, 2.05) is 7.05 Å². The fourth-order valence-corrected chi connectivity index (χ4v) is 3.51. The molecule has 0 bridgehead atoms. The quantitative estimate of drug-likeness (QED) is 0.419. The first kappa shape index (κ1) is 19.4. The highest BCUT2D eigenvalue weighted by Crippen LogP contribution is 2.18. The lowest BCUT2D eigenvalue weighted by atomic mass is 10.00. The molecule has 7 heteroatoms. The number of rotatable bonds is 8. The van der Waals surface area contributed by atoms with Crippen LogP contribution in [0.4, 0.5) is 0 Å². The average molecular weight is 370 g/mol. The number of aromatic nitrogens is 3. The van der Waals surface area contributed by atoms with Gasteiger partial charge in [-0.1, -0.05) is 31.2 Å². The highest BCUT2D eigenvalue weighted by atomic mass is 15.3. The molecule has 0 fully saturated rings. The summed E-state index contributed by atoms with van der Waals surface area (Å²) < 4.78 is 2.08. The van der Waals surface area contributed by atoms with Gasteiger partial charge in [-0.15, -0.1) is 10.2 Å². The highest BCUT2D eigenvalue weighted by Gasteiger charge is 2.14. The van der Waals surface area contributed by atoms with Crippen LogP contribution in [-0.2, 0) is 25.9 Å². The van der Waals surface area contributed by atoms with Crippen molar-refractivity contribution in [3.05, 3.63) is 47.5 Å². The van der Waals surface area contributed by atoms with Crippen molar-refractivity contribution < 1.29 is 0 Å². The highest BCUT2D eigenvalue weighted by molar-refractivity contribution is 5.79. The van der Waals surface area contributed by atoms with Crippen molar-refractivity contribution in [1.29, 1.82) is 0 Å². The molecule has 0 saturated carbocycles. The fraction of sp³-hybridized carbons (Fsp3) is 0.550. The molecule has 0 atom stereocenters. The number of hydrogen-bond acceptors (Lipinski definition) is 4. The van der Waals surface area contributed by atoms with Crippen LogP contribution in [0.5, 0.6) is 0 Å². The summed E-state index contributed by atoms with van der Waals surface area (Å²) in [6.45, 7) is 7.99. The molecule has 146 valence electrons. The molecule has 1 aromatic heterocycles. The van der Waals surface area contributed by atoms with Gasteiger partial charge in [0.25, 0.3) is 0 Å². The Labute approximate surface area is 161 Å². The molecule has 0 spiro atoms. The van der Waals surface area contributed by atoms with Crippen molar-refractivity contribution in [3.63, 3.8) is 0 Å². The van der Waals surface area contributed by atoms with Gasteiger partial charge < -0.3 is 15.2 Å². The lowest BCUT2D eigenvalue weighted by Gasteiger charge is -2.28. The minimum atomic E-state index is 0.799. The van der Waals surface area contributed by atoms with Crippen molar-refractivity contribution in [2.75, 3.05) is 33.2 Å². The Balaban J connectivity index is 1.32. The van der Waals surface area contributed by atoms with Crippen LogP contribution in [0.1, 0.15) is 30.3 Å². The Hall–Kier alpha value is -2.41. The third-order valence-electron chi connectivity index (χ3n) is 5.03. The summed E-state index contributed by atoms with van der Waals surface area (Å²) >= 11 is 0. The van der Waals surface area contributed by atoms with Crippen LogP contribution < -0.4 is 10.6 Å².